The van der Waals surface area contributed by atoms with Crippen molar-refractivity contribution in [1.29, 1.82) is 0 Å². The largest absolute Gasteiger partial charge is 0.507 e. The van der Waals surface area contributed by atoms with Gasteiger partial charge in [-0.3, -0.25) is 14.4 Å². The second-order valence-corrected chi connectivity index (χ2v) is 9.29. The molecule has 0 aromatic heterocycles. The average molecular weight is 466 g/mol. The first-order valence-corrected chi connectivity index (χ1v) is 11.5. The van der Waals surface area contributed by atoms with Gasteiger partial charge in [-0.2, -0.15) is 0 Å². The molecule has 3 atom stereocenters. The average Bonchev–Trinajstić information content (AvgIpc) is 3.08. The molecule has 0 bridgehead atoms. The molecule has 178 valence electrons. The Morgan fingerprint density at radius 1 is 1.03 bits per heavy atom. The number of ketones is 3. The number of fused-ring (bicyclic) bond motifs is 3. The van der Waals surface area contributed by atoms with Crippen LogP contribution in [0, 0.1) is 0 Å². The Hall–Kier alpha value is -3.07. The Morgan fingerprint density at radius 2 is 1.68 bits per heavy atom. The number of Topliss-reactive ketones (excluding diaryl/α,β-unsaturated/α-hetero) is 1. The molecule has 2 aromatic carbocycles. The normalized spacial score (nSPS) is 26.3. The first-order valence-electron chi connectivity index (χ1n) is 11.5. The van der Waals surface area contributed by atoms with E-state index in [0.29, 0.717) is 13.0 Å². The van der Waals surface area contributed by atoms with E-state index < -0.39 is 46.8 Å². The van der Waals surface area contributed by atoms with Crippen molar-refractivity contribution in [2.45, 2.75) is 63.4 Å². The van der Waals surface area contributed by atoms with Crippen molar-refractivity contribution in [1.82, 2.24) is 0 Å². The summed E-state index contributed by atoms with van der Waals surface area (Å²) in [5.74, 6) is -2.72. The van der Waals surface area contributed by atoms with Crippen molar-refractivity contribution in [3.8, 4) is 11.5 Å². The summed E-state index contributed by atoms with van der Waals surface area (Å²) in [6.07, 6.45) is 1.15. The van der Waals surface area contributed by atoms with Crippen LogP contribution in [-0.2, 0) is 20.7 Å². The van der Waals surface area contributed by atoms with Gasteiger partial charge in [0, 0.05) is 41.7 Å². The van der Waals surface area contributed by atoms with E-state index in [1.165, 1.54) is 19.1 Å². The van der Waals surface area contributed by atoms with E-state index in [4.69, 9.17) is 9.47 Å². The summed E-state index contributed by atoms with van der Waals surface area (Å²) in [5.41, 5.74) is -2.10. The van der Waals surface area contributed by atoms with Crippen LogP contribution in [0.25, 0.3) is 0 Å². The lowest BCUT2D eigenvalue weighted by atomic mass is 9.72. The molecule has 0 amide bonds. The summed E-state index contributed by atoms with van der Waals surface area (Å²) >= 11 is 0. The van der Waals surface area contributed by atoms with Crippen molar-refractivity contribution in [3.05, 3.63) is 57.6 Å². The van der Waals surface area contributed by atoms with Crippen LogP contribution in [0.3, 0.4) is 0 Å². The minimum Gasteiger partial charge on any atom is -0.507 e. The van der Waals surface area contributed by atoms with Gasteiger partial charge in [0.1, 0.15) is 17.1 Å². The van der Waals surface area contributed by atoms with Crippen molar-refractivity contribution < 1.29 is 39.2 Å². The predicted molar refractivity (Wildman–Crippen MR) is 119 cm³/mol. The fraction of sp³-hybridized carbons (Fsp3) is 0.423. The third-order valence-corrected chi connectivity index (χ3v) is 7.13. The van der Waals surface area contributed by atoms with Gasteiger partial charge in [-0.25, -0.2) is 0 Å². The van der Waals surface area contributed by atoms with Crippen LogP contribution in [0.5, 0.6) is 11.5 Å². The Labute approximate surface area is 196 Å². The number of carbonyl (C=O) groups excluding carboxylic acids is 3. The van der Waals surface area contributed by atoms with Gasteiger partial charge in [-0.15, -0.1) is 0 Å². The monoisotopic (exact) mass is 466 g/mol. The minimum absolute atomic E-state index is 0.0272. The Balaban J connectivity index is 1.69. The van der Waals surface area contributed by atoms with E-state index in [1.54, 1.807) is 12.1 Å². The van der Waals surface area contributed by atoms with Crippen LogP contribution in [-0.4, -0.2) is 51.2 Å². The van der Waals surface area contributed by atoms with Gasteiger partial charge in [-0.1, -0.05) is 30.7 Å². The number of phenols is 2. The Kier molecular flexibility index (Phi) is 5.55. The van der Waals surface area contributed by atoms with E-state index in [0.717, 1.165) is 19.3 Å². The quantitative estimate of drug-likeness (QED) is 0.502. The third kappa shape index (κ3) is 3.45. The standard InChI is InChI=1S/C26H26O8/c1-13(27)26(32)11-16-19(17(12-26)34-18-9-3-2-6-10-33-18)25(31)21-20(24(16)30)22(28)14-7-4-5-8-15(14)23(21)29/h4-5,7-8,17-18,30-32H,2-3,6,9-12H2,1H3. The van der Waals surface area contributed by atoms with Crippen LogP contribution in [0.4, 0.5) is 0 Å². The SMILES string of the molecule is CC(=O)C1(O)Cc2c(O)c3c(c(O)c2C(OC2CCCCCO2)C1)C(=O)c1ccccc1C3=O. The summed E-state index contributed by atoms with van der Waals surface area (Å²) in [6, 6.07) is 6.20. The zero-order valence-corrected chi connectivity index (χ0v) is 18.8. The number of hydrogen-bond acceptors (Lipinski definition) is 8. The van der Waals surface area contributed by atoms with E-state index >= 15 is 0 Å². The van der Waals surface area contributed by atoms with E-state index in [-0.39, 0.29) is 46.2 Å². The second kappa shape index (κ2) is 8.30. The molecule has 1 saturated heterocycles. The number of aliphatic hydroxyl groups is 1. The first kappa shape index (κ1) is 22.7. The number of aromatic hydroxyl groups is 2. The van der Waals surface area contributed by atoms with Crippen molar-refractivity contribution in [2.75, 3.05) is 6.61 Å². The molecule has 34 heavy (non-hydrogen) atoms. The summed E-state index contributed by atoms with van der Waals surface area (Å²) in [4.78, 5) is 38.9. The predicted octanol–water partition coefficient (Wildman–Crippen LogP) is 3.11. The number of benzene rings is 2. The lowest BCUT2D eigenvalue weighted by Gasteiger charge is -2.39. The van der Waals surface area contributed by atoms with Crippen molar-refractivity contribution in [3.63, 3.8) is 0 Å². The first-order chi connectivity index (χ1) is 16.2. The molecule has 2 aliphatic carbocycles. The fourth-order valence-electron chi connectivity index (χ4n) is 5.25. The van der Waals surface area contributed by atoms with Gasteiger partial charge >= 0.3 is 0 Å². The number of phenolic OH excluding ortho intramolecular Hbond substituents is 2. The zero-order valence-electron chi connectivity index (χ0n) is 18.8. The summed E-state index contributed by atoms with van der Waals surface area (Å²) in [6.45, 7) is 1.73. The highest BCUT2D eigenvalue weighted by molar-refractivity contribution is 6.30. The number of rotatable bonds is 3. The maximum atomic E-state index is 13.3. The maximum Gasteiger partial charge on any atom is 0.198 e. The smallest absolute Gasteiger partial charge is 0.198 e. The van der Waals surface area contributed by atoms with Crippen LogP contribution < -0.4 is 0 Å². The topological polar surface area (TPSA) is 130 Å². The fourth-order valence-corrected chi connectivity index (χ4v) is 5.25. The molecule has 3 aliphatic rings. The highest BCUT2D eigenvalue weighted by Gasteiger charge is 2.48. The number of carbonyl (C=O) groups is 3. The van der Waals surface area contributed by atoms with Gasteiger partial charge in [-0.05, 0) is 26.2 Å². The lowest BCUT2D eigenvalue weighted by molar-refractivity contribution is -0.188. The molecule has 8 nitrogen and oxygen atoms in total. The highest BCUT2D eigenvalue weighted by Crippen LogP contribution is 2.51. The van der Waals surface area contributed by atoms with Crippen LogP contribution >= 0.6 is 0 Å². The summed E-state index contributed by atoms with van der Waals surface area (Å²) in [7, 11) is 0. The molecule has 0 spiro atoms. The molecule has 2 aromatic rings. The van der Waals surface area contributed by atoms with Gasteiger partial charge in [0.05, 0.1) is 17.2 Å². The molecule has 1 fully saturated rings. The lowest BCUT2D eigenvalue weighted by Crippen LogP contribution is -2.45. The van der Waals surface area contributed by atoms with Gasteiger partial charge in [0.15, 0.2) is 23.6 Å². The Bertz CT molecular complexity index is 1210. The van der Waals surface area contributed by atoms with Crippen molar-refractivity contribution >= 4 is 17.3 Å². The third-order valence-electron chi connectivity index (χ3n) is 7.13. The summed E-state index contributed by atoms with van der Waals surface area (Å²) in [5, 5.41) is 33.7. The maximum absolute atomic E-state index is 13.3. The molecule has 3 N–H and O–H groups in total. The number of hydrogen-bond donors (Lipinski definition) is 3. The van der Waals surface area contributed by atoms with Crippen LogP contribution in [0.1, 0.15) is 88.1 Å². The minimum atomic E-state index is -1.87. The van der Waals surface area contributed by atoms with E-state index in [1.807, 2.05) is 0 Å². The molecular formula is C26H26O8. The van der Waals surface area contributed by atoms with Crippen LogP contribution in [0.15, 0.2) is 24.3 Å². The molecule has 1 aliphatic heterocycles. The van der Waals surface area contributed by atoms with Crippen LogP contribution in [0.2, 0.25) is 0 Å². The highest BCUT2D eigenvalue weighted by atomic mass is 16.7. The second-order valence-electron chi connectivity index (χ2n) is 9.29. The van der Waals surface area contributed by atoms with Gasteiger partial charge < -0.3 is 24.8 Å². The summed E-state index contributed by atoms with van der Waals surface area (Å²) < 4.78 is 11.9. The van der Waals surface area contributed by atoms with Gasteiger partial charge in [0.2, 0.25) is 0 Å². The van der Waals surface area contributed by atoms with E-state index in [9.17, 15) is 29.7 Å². The molecule has 8 heteroatoms. The molecule has 0 saturated carbocycles. The molecule has 3 unspecified atom stereocenters. The van der Waals surface area contributed by atoms with Gasteiger partial charge in [0.25, 0.3) is 0 Å². The molecule has 1 heterocycles. The molecule has 5 rings (SSSR count). The molecular weight excluding hydrogens is 440 g/mol. The Morgan fingerprint density at radius 3 is 2.32 bits per heavy atom. The zero-order chi connectivity index (χ0) is 24.2. The number of ether oxygens (including phenoxy) is 2. The van der Waals surface area contributed by atoms with Crippen molar-refractivity contribution in [2.24, 2.45) is 0 Å². The molecule has 0 radical (unpaired) electrons. The van der Waals surface area contributed by atoms with E-state index in [2.05, 4.69) is 0 Å².